The number of hydrogen-bond acceptors (Lipinski definition) is 4. The number of aliphatic imine (C=N–C) groups is 1. The molecule has 3 rings (SSSR count). The summed E-state index contributed by atoms with van der Waals surface area (Å²) in [5, 5.41) is 6.99. The zero-order chi connectivity index (χ0) is 25.0. The molecule has 0 aliphatic heterocycles. The summed E-state index contributed by atoms with van der Waals surface area (Å²) in [7, 11) is 0. The van der Waals surface area contributed by atoms with E-state index in [9.17, 15) is 4.79 Å². The summed E-state index contributed by atoms with van der Waals surface area (Å²) in [4.78, 5) is 21.4. The van der Waals surface area contributed by atoms with Crippen molar-refractivity contribution in [2.24, 2.45) is 22.7 Å². The van der Waals surface area contributed by atoms with Gasteiger partial charge in [-0.3, -0.25) is 4.99 Å². The first-order valence-corrected chi connectivity index (χ1v) is 12.9. The van der Waals surface area contributed by atoms with Crippen LogP contribution in [0.4, 0.5) is 10.5 Å². The van der Waals surface area contributed by atoms with Crippen molar-refractivity contribution in [2.75, 3.05) is 11.9 Å². The molecule has 188 valence electrons. The van der Waals surface area contributed by atoms with E-state index in [4.69, 9.17) is 21.3 Å². The number of anilines is 1. The largest absolute Gasteiger partial charge is 0.444 e. The third-order valence-corrected chi connectivity index (χ3v) is 6.92. The minimum Gasteiger partial charge on any atom is -0.444 e. The molecule has 34 heavy (non-hydrogen) atoms. The molecule has 0 bridgehead atoms. The summed E-state index contributed by atoms with van der Waals surface area (Å²) in [6, 6.07) is 2.19. The standard InChI is InChI=1S/C27H41ClN4O2/c1-16(10-17(2)21-8-9-21)11-24(32-23-12-18(3)25(28)30-19(23)4)29-15-20-13-22(14-20)31-26(33)34-27(5,6)7/h11-12,17,20-22H,8-10,13-15H2,1-7H3,(H,29,32)(H,31,33). The van der Waals surface area contributed by atoms with Gasteiger partial charge in [-0.25, -0.2) is 9.78 Å². The topological polar surface area (TPSA) is 75.6 Å². The maximum Gasteiger partial charge on any atom is 0.407 e. The summed E-state index contributed by atoms with van der Waals surface area (Å²) in [6.45, 7) is 14.8. The van der Waals surface area contributed by atoms with Crippen molar-refractivity contribution >= 4 is 29.2 Å². The Labute approximate surface area is 210 Å². The number of amidine groups is 1. The quantitative estimate of drug-likeness (QED) is 0.238. The Balaban J connectivity index is 1.63. The second-order valence-corrected chi connectivity index (χ2v) is 11.6. The van der Waals surface area contributed by atoms with Crippen LogP contribution in [0, 0.1) is 31.6 Å². The van der Waals surface area contributed by atoms with E-state index in [1.54, 1.807) is 0 Å². The number of alkyl carbamates (subject to hydrolysis) is 1. The van der Waals surface area contributed by atoms with Gasteiger partial charge in [0.15, 0.2) is 0 Å². The van der Waals surface area contributed by atoms with Gasteiger partial charge in [-0.05, 0) is 109 Å². The fourth-order valence-corrected chi connectivity index (χ4v) is 4.58. The first kappa shape index (κ1) is 26.5. The molecule has 7 heteroatoms. The van der Waals surface area contributed by atoms with Crippen LogP contribution in [0.5, 0.6) is 0 Å². The minimum absolute atomic E-state index is 0.161. The number of nitrogens with one attached hydrogen (secondary N) is 2. The minimum atomic E-state index is -0.480. The number of aryl methyl sites for hydroxylation is 2. The van der Waals surface area contributed by atoms with Gasteiger partial charge in [0.05, 0.1) is 11.4 Å². The van der Waals surface area contributed by atoms with Gasteiger partial charge in [0.25, 0.3) is 0 Å². The van der Waals surface area contributed by atoms with Gasteiger partial charge in [0, 0.05) is 12.6 Å². The SMILES string of the molecule is CC(=CC(=NCC1CC(NC(=O)OC(C)(C)C)C1)Nc1cc(C)c(Cl)nc1C)CC(C)C1CC1. The summed E-state index contributed by atoms with van der Waals surface area (Å²) < 4.78 is 5.36. The van der Waals surface area contributed by atoms with Crippen molar-refractivity contribution in [3.63, 3.8) is 0 Å². The predicted molar refractivity (Wildman–Crippen MR) is 141 cm³/mol. The molecule has 2 fully saturated rings. The van der Waals surface area contributed by atoms with E-state index in [0.29, 0.717) is 17.0 Å². The van der Waals surface area contributed by atoms with Crippen molar-refractivity contribution in [1.82, 2.24) is 10.3 Å². The molecule has 2 N–H and O–H groups in total. The van der Waals surface area contributed by atoms with Gasteiger partial charge in [0.2, 0.25) is 0 Å². The zero-order valence-corrected chi connectivity index (χ0v) is 22.6. The molecule has 0 radical (unpaired) electrons. The molecule has 2 aliphatic rings. The molecule has 1 aromatic heterocycles. The van der Waals surface area contributed by atoms with E-state index in [1.165, 1.54) is 18.4 Å². The van der Waals surface area contributed by atoms with Gasteiger partial charge in [-0.1, -0.05) is 24.1 Å². The lowest BCUT2D eigenvalue weighted by molar-refractivity contribution is 0.0455. The highest BCUT2D eigenvalue weighted by molar-refractivity contribution is 6.30. The Morgan fingerprint density at radius 1 is 1.32 bits per heavy atom. The van der Waals surface area contributed by atoms with Crippen LogP contribution >= 0.6 is 11.6 Å². The Morgan fingerprint density at radius 3 is 2.62 bits per heavy atom. The highest BCUT2D eigenvalue weighted by Crippen LogP contribution is 2.39. The molecular formula is C27H41ClN4O2. The molecule has 1 unspecified atom stereocenters. The normalized spacial score (nSPS) is 22.1. The number of halogens is 1. The van der Waals surface area contributed by atoms with Crippen molar-refractivity contribution < 1.29 is 9.53 Å². The van der Waals surface area contributed by atoms with Gasteiger partial charge < -0.3 is 15.4 Å². The van der Waals surface area contributed by atoms with Crippen molar-refractivity contribution in [1.29, 1.82) is 0 Å². The maximum atomic E-state index is 12.0. The Morgan fingerprint density at radius 2 is 2.00 bits per heavy atom. The molecule has 0 saturated heterocycles. The van der Waals surface area contributed by atoms with Crippen LogP contribution in [0.25, 0.3) is 0 Å². The van der Waals surface area contributed by atoms with Crippen LogP contribution in [-0.4, -0.2) is 35.1 Å². The molecule has 2 saturated carbocycles. The number of pyridine rings is 1. The molecule has 1 heterocycles. The lowest BCUT2D eigenvalue weighted by atomic mass is 9.80. The number of rotatable bonds is 8. The zero-order valence-electron chi connectivity index (χ0n) is 21.8. The summed E-state index contributed by atoms with van der Waals surface area (Å²) in [5.41, 5.74) is 3.57. The number of hydrogen-bond donors (Lipinski definition) is 2. The summed E-state index contributed by atoms with van der Waals surface area (Å²) >= 11 is 6.19. The van der Waals surface area contributed by atoms with E-state index < -0.39 is 5.60 Å². The van der Waals surface area contributed by atoms with E-state index >= 15 is 0 Å². The number of carbonyl (C=O) groups excluding carboxylic acids is 1. The van der Waals surface area contributed by atoms with Crippen LogP contribution in [-0.2, 0) is 4.74 Å². The fraction of sp³-hybridized carbons (Fsp3) is 0.667. The Kier molecular flexibility index (Phi) is 8.66. The highest BCUT2D eigenvalue weighted by atomic mass is 35.5. The molecular weight excluding hydrogens is 448 g/mol. The summed E-state index contributed by atoms with van der Waals surface area (Å²) in [5.74, 6) is 2.90. The first-order chi connectivity index (χ1) is 15.9. The number of carbonyl (C=O) groups is 1. The molecule has 0 aromatic carbocycles. The first-order valence-electron chi connectivity index (χ1n) is 12.5. The van der Waals surface area contributed by atoms with E-state index in [0.717, 1.165) is 54.5 Å². The maximum absolute atomic E-state index is 12.0. The number of ether oxygens (including phenoxy) is 1. The molecule has 6 nitrogen and oxygen atoms in total. The number of aromatic nitrogens is 1. The average Bonchev–Trinajstić information content (AvgIpc) is 3.51. The monoisotopic (exact) mass is 488 g/mol. The van der Waals surface area contributed by atoms with Crippen LogP contribution < -0.4 is 10.6 Å². The third-order valence-electron chi connectivity index (χ3n) is 6.53. The van der Waals surface area contributed by atoms with Gasteiger partial charge in [0.1, 0.15) is 16.6 Å². The van der Waals surface area contributed by atoms with Crippen LogP contribution in [0.3, 0.4) is 0 Å². The average molecular weight is 489 g/mol. The third kappa shape index (κ3) is 8.30. The van der Waals surface area contributed by atoms with E-state index in [1.807, 2.05) is 40.7 Å². The van der Waals surface area contributed by atoms with Crippen molar-refractivity contribution in [3.8, 4) is 0 Å². The number of nitrogens with zero attached hydrogens (tertiary/aromatic N) is 2. The molecule has 1 atom stereocenters. The molecule has 2 aliphatic carbocycles. The van der Waals surface area contributed by atoms with Crippen LogP contribution in [0.15, 0.2) is 22.7 Å². The molecule has 1 aromatic rings. The van der Waals surface area contributed by atoms with E-state index in [-0.39, 0.29) is 12.1 Å². The second kappa shape index (κ2) is 11.1. The van der Waals surface area contributed by atoms with Gasteiger partial charge in [-0.2, -0.15) is 0 Å². The van der Waals surface area contributed by atoms with E-state index in [2.05, 4.69) is 35.5 Å². The van der Waals surface area contributed by atoms with Crippen molar-refractivity contribution in [3.05, 3.63) is 34.1 Å². The molecule has 1 amide bonds. The lowest BCUT2D eigenvalue weighted by Gasteiger charge is -2.35. The van der Waals surface area contributed by atoms with Crippen LogP contribution in [0.2, 0.25) is 5.15 Å². The fourth-order valence-electron chi connectivity index (χ4n) is 4.40. The Hall–Kier alpha value is -2.08. The number of amides is 1. The van der Waals surface area contributed by atoms with Crippen LogP contribution in [0.1, 0.15) is 78.0 Å². The van der Waals surface area contributed by atoms with Gasteiger partial charge >= 0.3 is 6.09 Å². The second-order valence-electron chi connectivity index (χ2n) is 11.3. The molecule has 0 spiro atoms. The lowest BCUT2D eigenvalue weighted by Crippen LogP contribution is -2.47. The van der Waals surface area contributed by atoms with Gasteiger partial charge in [-0.15, -0.1) is 0 Å². The predicted octanol–water partition coefficient (Wildman–Crippen LogP) is 6.85. The smallest absolute Gasteiger partial charge is 0.407 e. The number of allylic oxidation sites excluding steroid dienone is 1. The van der Waals surface area contributed by atoms with Crippen molar-refractivity contribution in [2.45, 2.75) is 92.2 Å². The Bertz CT molecular complexity index is 941. The highest BCUT2D eigenvalue weighted by Gasteiger charge is 2.31. The summed E-state index contributed by atoms with van der Waals surface area (Å²) in [6.07, 6.45) is 7.48.